The Balaban J connectivity index is 1.79. The van der Waals surface area contributed by atoms with Crippen molar-refractivity contribution < 1.29 is 9.18 Å². The van der Waals surface area contributed by atoms with Gasteiger partial charge < -0.3 is 5.32 Å². The lowest BCUT2D eigenvalue weighted by Crippen LogP contribution is -2.34. The lowest BCUT2D eigenvalue weighted by molar-refractivity contribution is -0.119. The maximum absolute atomic E-state index is 12.9. The molecule has 1 N–H and O–H groups in total. The Morgan fingerprint density at radius 3 is 2.85 bits per heavy atom. The van der Waals surface area contributed by atoms with E-state index in [0.29, 0.717) is 17.4 Å². The van der Waals surface area contributed by atoms with Crippen LogP contribution in [0.25, 0.3) is 0 Å². The van der Waals surface area contributed by atoms with E-state index in [9.17, 15) is 9.18 Å². The standard InChI is InChI=1S/C15H17FN2OS/c16-13-4-1-11(2-5-13)12-3-6-14(9-12)18-15(19)10-20-8-7-17/h1-2,4-5,12,14H,3,6,8-10H2,(H,18,19). The Morgan fingerprint density at radius 2 is 2.15 bits per heavy atom. The van der Waals surface area contributed by atoms with Crippen molar-refractivity contribution in [2.45, 2.75) is 31.2 Å². The summed E-state index contributed by atoms with van der Waals surface area (Å²) in [4.78, 5) is 11.7. The smallest absolute Gasteiger partial charge is 0.230 e. The Morgan fingerprint density at radius 1 is 1.40 bits per heavy atom. The first-order valence-corrected chi connectivity index (χ1v) is 7.84. The number of nitriles is 1. The molecule has 106 valence electrons. The largest absolute Gasteiger partial charge is 0.353 e. The second kappa shape index (κ2) is 7.30. The number of hydrogen-bond acceptors (Lipinski definition) is 3. The molecular formula is C15H17FN2OS. The average molecular weight is 292 g/mol. The van der Waals surface area contributed by atoms with E-state index in [1.54, 1.807) is 0 Å². The maximum atomic E-state index is 12.9. The maximum Gasteiger partial charge on any atom is 0.230 e. The van der Waals surface area contributed by atoms with Gasteiger partial charge in [0.2, 0.25) is 5.91 Å². The van der Waals surface area contributed by atoms with Crippen LogP contribution in [0.15, 0.2) is 24.3 Å². The van der Waals surface area contributed by atoms with E-state index in [0.717, 1.165) is 24.8 Å². The molecule has 0 heterocycles. The van der Waals surface area contributed by atoms with Crippen molar-refractivity contribution in [3.8, 4) is 6.07 Å². The molecule has 0 saturated heterocycles. The molecule has 2 rings (SSSR count). The topological polar surface area (TPSA) is 52.9 Å². The van der Waals surface area contributed by atoms with Crippen LogP contribution in [0.4, 0.5) is 4.39 Å². The summed E-state index contributed by atoms with van der Waals surface area (Å²) in [6.07, 6.45) is 2.87. The van der Waals surface area contributed by atoms with Crippen molar-refractivity contribution in [1.82, 2.24) is 5.32 Å². The van der Waals surface area contributed by atoms with E-state index < -0.39 is 0 Å². The van der Waals surface area contributed by atoms with Crippen LogP contribution in [-0.4, -0.2) is 23.5 Å². The molecule has 0 spiro atoms. The average Bonchev–Trinajstić information content (AvgIpc) is 2.88. The molecule has 5 heteroatoms. The van der Waals surface area contributed by atoms with Crippen LogP contribution in [-0.2, 0) is 4.79 Å². The van der Waals surface area contributed by atoms with Gasteiger partial charge in [0.15, 0.2) is 0 Å². The molecule has 3 nitrogen and oxygen atoms in total. The van der Waals surface area contributed by atoms with Gasteiger partial charge >= 0.3 is 0 Å². The van der Waals surface area contributed by atoms with E-state index in [4.69, 9.17) is 5.26 Å². The summed E-state index contributed by atoms with van der Waals surface area (Å²) in [5.41, 5.74) is 1.14. The molecule has 2 atom stereocenters. The lowest BCUT2D eigenvalue weighted by Gasteiger charge is -2.13. The van der Waals surface area contributed by atoms with Gasteiger partial charge in [-0.05, 0) is 42.9 Å². The molecule has 0 aliphatic heterocycles. The molecule has 0 bridgehead atoms. The zero-order valence-corrected chi connectivity index (χ0v) is 12.0. The summed E-state index contributed by atoms with van der Waals surface area (Å²) in [6, 6.07) is 8.82. The van der Waals surface area contributed by atoms with Crippen LogP contribution in [0, 0.1) is 17.1 Å². The minimum atomic E-state index is -0.217. The molecule has 1 amide bonds. The van der Waals surface area contributed by atoms with E-state index in [2.05, 4.69) is 5.32 Å². The third-order valence-electron chi connectivity index (χ3n) is 3.54. The predicted molar refractivity (Wildman–Crippen MR) is 77.9 cm³/mol. The Bertz CT molecular complexity index is 498. The van der Waals surface area contributed by atoms with Gasteiger partial charge in [0, 0.05) is 6.04 Å². The number of carbonyl (C=O) groups excluding carboxylic acids is 1. The number of hydrogen-bond donors (Lipinski definition) is 1. The van der Waals surface area contributed by atoms with Gasteiger partial charge in [-0.15, -0.1) is 11.8 Å². The van der Waals surface area contributed by atoms with Gasteiger partial charge in [0.05, 0.1) is 17.6 Å². The summed E-state index contributed by atoms with van der Waals surface area (Å²) in [7, 11) is 0. The van der Waals surface area contributed by atoms with Gasteiger partial charge in [0.25, 0.3) is 0 Å². The fourth-order valence-corrected chi connectivity index (χ4v) is 3.07. The zero-order chi connectivity index (χ0) is 14.4. The molecule has 1 fully saturated rings. The fraction of sp³-hybridized carbons (Fsp3) is 0.467. The van der Waals surface area contributed by atoms with Gasteiger partial charge in [-0.25, -0.2) is 4.39 Å². The van der Waals surface area contributed by atoms with Crippen molar-refractivity contribution in [1.29, 1.82) is 5.26 Å². The van der Waals surface area contributed by atoms with Crippen LogP contribution in [0.1, 0.15) is 30.7 Å². The summed E-state index contributed by atoms with van der Waals surface area (Å²) >= 11 is 1.33. The third-order valence-corrected chi connectivity index (χ3v) is 4.34. The van der Waals surface area contributed by atoms with E-state index in [1.807, 2.05) is 18.2 Å². The summed E-state index contributed by atoms with van der Waals surface area (Å²) in [5.74, 6) is 0.857. The fourth-order valence-electron chi connectivity index (χ4n) is 2.61. The van der Waals surface area contributed by atoms with Crippen molar-refractivity contribution in [3.05, 3.63) is 35.6 Å². The van der Waals surface area contributed by atoms with Gasteiger partial charge in [-0.2, -0.15) is 5.26 Å². The lowest BCUT2D eigenvalue weighted by atomic mass is 9.97. The number of nitrogens with zero attached hydrogens (tertiary/aromatic N) is 1. The molecule has 1 aromatic carbocycles. The first-order valence-electron chi connectivity index (χ1n) is 6.68. The quantitative estimate of drug-likeness (QED) is 0.849. The normalized spacial score (nSPS) is 21.4. The Hall–Kier alpha value is -1.54. The second-order valence-corrected chi connectivity index (χ2v) is 5.96. The highest BCUT2D eigenvalue weighted by Gasteiger charge is 2.26. The third kappa shape index (κ3) is 4.24. The number of halogens is 1. The molecule has 1 aromatic rings. The Kier molecular flexibility index (Phi) is 5.42. The first-order chi connectivity index (χ1) is 9.69. The van der Waals surface area contributed by atoms with Crippen LogP contribution in [0.2, 0.25) is 0 Å². The molecule has 1 saturated carbocycles. The molecule has 0 radical (unpaired) electrons. The van der Waals surface area contributed by atoms with Crippen LogP contribution in [0.3, 0.4) is 0 Å². The highest BCUT2D eigenvalue weighted by atomic mass is 32.2. The van der Waals surface area contributed by atoms with Gasteiger partial charge in [-0.3, -0.25) is 4.79 Å². The molecule has 1 aliphatic rings. The minimum absolute atomic E-state index is 0.00462. The van der Waals surface area contributed by atoms with Crippen LogP contribution in [0.5, 0.6) is 0 Å². The summed E-state index contributed by atoms with van der Waals surface area (Å²) in [6.45, 7) is 0. The van der Waals surface area contributed by atoms with Crippen molar-refractivity contribution in [3.63, 3.8) is 0 Å². The second-order valence-electron chi connectivity index (χ2n) is 4.98. The highest BCUT2D eigenvalue weighted by molar-refractivity contribution is 8.00. The number of amides is 1. The zero-order valence-electron chi connectivity index (χ0n) is 11.1. The minimum Gasteiger partial charge on any atom is -0.353 e. The van der Waals surface area contributed by atoms with Crippen LogP contribution < -0.4 is 5.32 Å². The van der Waals surface area contributed by atoms with Gasteiger partial charge in [-0.1, -0.05) is 12.1 Å². The predicted octanol–water partition coefficient (Wildman–Crippen LogP) is 2.83. The highest BCUT2D eigenvalue weighted by Crippen LogP contribution is 2.34. The van der Waals surface area contributed by atoms with Crippen molar-refractivity contribution in [2.24, 2.45) is 0 Å². The summed E-state index contributed by atoms with van der Waals surface area (Å²) in [5, 5.41) is 11.4. The first kappa shape index (κ1) is 14.9. The molecule has 1 aliphatic carbocycles. The van der Waals surface area contributed by atoms with Gasteiger partial charge in [0.1, 0.15) is 5.82 Å². The molecule has 2 unspecified atom stereocenters. The number of rotatable bonds is 5. The van der Waals surface area contributed by atoms with E-state index in [-0.39, 0.29) is 17.8 Å². The van der Waals surface area contributed by atoms with Crippen molar-refractivity contribution in [2.75, 3.05) is 11.5 Å². The molecule has 20 heavy (non-hydrogen) atoms. The van der Waals surface area contributed by atoms with Crippen molar-refractivity contribution >= 4 is 17.7 Å². The van der Waals surface area contributed by atoms with E-state index in [1.165, 1.54) is 23.9 Å². The number of thioether (sulfide) groups is 1. The Labute approximate surface area is 122 Å². The van der Waals surface area contributed by atoms with Crippen LogP contribution >= 0.6 is 11.8 Å². The molecular weight excluding hydrogens is 275 g/mol. The monoisotopic (exact) mass is 292 g/mol. The summed E-state index contributed by atoms with van der Waals surface area (Å²) < 4.78 is 12.9. The number of carbonyl (C=O) groups is 1. The SMILES string of the molecule is N#CCSCC(=O)NC1CCC(c2ccc(F)cc2)C1. The number of benzene rings is 1. The molecule has 0 aromatic heterocycles. The van der Waals surface area contributed by atoms with E-state index >= 15 is 0 Å². The number of nitrogens with one attached hydrogen (secondary N) is 1.